The highest BCUT2D eigenvalue weighted by molar-refractivity contribution is 6.31. The third-order valence-corrected chi connectivity index (χ3v) is 10.6. The van der Waals surface area contributed by atoms with E-state index in [0.29, 0.717) is 0 Å². The zero-order valence-corrected chi connectivity index (χ0v) is 26.6. The number of ether oxygens (including phenoxy) is 1. The lowest BCUT2D eigenvalue weighted by Crippen LogP contribution is -1.99. The Morgan fingerprint density at radius 1 is 0.265 bits per heavy atom. The number of hydrogen-bond acceptors (Lipinski definition) is 1. The van der Waals surface area contributed by atoms with Crippen molar-refractivity contribution < 1.29 is 4.74 Å². The molecule has 0 aromatic heterocycles. The van der Waals surface area contributed by atoms with E-state index in [1.54, 1.807) is 0 Å². The number of rotatable bonds is 2. The molecule has 0 aliphatic carbocycles. The van der Waals surface area contributed by atoms with Gasteiger partial charge in [0.25, 0.3) is 0 Å². The van der Waals surface area contributed by atoms with Crippen LogP contribution in [-0.4, -0.2) is 0 Å². The molecule has 1 heteroatoms. The molecule has 0 atom stereocenters. The molecule has 0 unspecified atom stereocenters. The van der Waals surface area contributed by atoms with Crippen LogP contribution in [0.1, 0.15) is 0 Å². The van der Waals surface area contributed by atoms with Gasteiger partial charge in [0.05, 0.1) is 0 Å². The summed E-state index contributed by atoms with van der Waals surface area (Å²) in [5.41, 5.74) is 7.38. The number of fused-ring (bicyclic) bond motifs is 9. The van der Waals surface area contributed by atoms with Crippen molar-refractivity contribution in [3.05, 3.63) is 170 Å². The molecule has 0 saturated heterocycles. The quantitative estimate of drug-likeness (QED) is 0.138. The first-order valence-corrected chi connectivity index (χ1v) is 16.9. The summed E-state index contributed by atoms with van der Waals surface area (Å²) in [6.07, 6.45) is 0. The molecule has 0 N–H and O–H groups in total. The summed E-state index contributed by atoms with van der Waals surface area (Å²) in [7, 11) is 0. The Kier molecular flexibility index (Phi) is 5.45. The molecule has 226 valence electrons. The van der Waals surface area contributed by atoms with Crippen LogP contribution in [0.3, 0.4) is 0 Å². The van der Waals surface area contributed by atoms with Crippen molar-refractivity contribution in [3.63, 3.8) is 0 Å². The first-order chi connectivity index (χ1) is 24.3. The maximum atomic E-state index is 6.80. The number of hydrogen-bond donors (Lipinski definition) is 0. The summed E-state index contributed by atoms with van der Waals surface area (Å²) in [5, 5.41) is 14.8. The van der Waals surface area contributed by atoms with Gasteiger partial charge in [-0.05, 0) is 99.9 Å². The SMILES string of the molecule is c1ccc2c(-c3c4ccccc4c(-c4ccc5c6c(cccc46)-c4ccc6ccccc6c4O5)c4ccc5ccccc5c34)cccc2c1. The van der Waals surface area contributed by atoms with Gasteiger partial charge in [-0.3, -0.25) is 0 Å². The molecule has 0 bridgehead atoms. The third-order valence-electron chi connectivity index (χ3n) is 10.6. The fourth-order valence-corrected chi connectivity index (χ4v) is 8.54. The highest BCUT2D eigenvalue weighted by Gasteiger charge is 2.26. The molecule has 0 radical (unpaired) electrons. The highest BCUT2D eigenvalue weighted by atomic mass is 16.5. The lowest BCUT2D eigenvalue weighted by atomic mass is 9.81. The van der Waals surface area contributed by atoms with Crippen LogP contribution >= 0.6 is 0 Å². The van der Waals surface area contributed by atoms with Gasteiger partial charge in [-0.2, -0.15) is 0 Å². The van der Waals surface area contributed by atoms with E-state index in [-0.39, 0.29) is 0 Å². The molecule has 0 saturated carbocycles. The molecule has 1 aliphatic rings. The van der Waals surface area contributed by atoms with E-state index in [4.69, 9.17) is 4.74 Å². The van der Waals surface area contributed by atoms with Crippen molar-refractivity contribution in [1.29, 1.82) is 0 Å². The fourth-order valence-electron chi connectivity index (χ4n) is 8.54. The van der Waals surface area contributed by atoms with Crippen LogP contribution in [0.15, 0.2) is 170 Å². The van der Waals surface area contributed by atoms with Crippen LogP contribution in [0.25, 0.3) is 98.0 Å². The predicted octanol–water partition coefficient (Wildman–Crippen LogP) is 13.7. The molecule has 0 spiro atoms. The van der Waals surface area contributed by atoms with Crippen LogP contribution in [0, 0.1) is 0 Å². The molecule has 1 nitrogen and oxygen atoms in total. The maximum absolute atomic E-state index is 6.80. The molecule has 10 aromatic carbocycles. The van der Waals surface area contributed by atoms with Crippen molar-refractivity contribution in [1.82, 2.24) is 0 Å². The molecule has 10 aromatic rings. The van der Waals surface area contributed by atoms with E-state index in [1.807, 2.05) is 0 Å². The Hall–Kier alpha value is -6.44. The average molecular weight is 621 g/mol. The maximum Gasteiger partial charge on any atom is 0.143 e. The van der Waals surface area contributed by atoms with Crippen molar-refractivity contribution in [2.24, 2.45) is 0 Å². The molecule has 0 fully saturated rings. The Morgan fingerprint density at radius 3 is 1.61 bits per heavy atom. The molecule has 1 aliphatic heterocycles. The van der Waals surface area contributed by atoms with Crippen LogP contribution in [0.5, 0.6) is 11.5 Å². The van der Waals surface area contributed by atoms with E-state index in [2.05, 4.69) is 170 Å². The topological polar surface area (TPSA) is 9.23 Å². The second-order valence-corrected chi connectivity index (χ2v) is 13.1. The van der Waals surface area contributed by atoms with Gasteiger partial charge in [-0.25, -0.2) is 0 Å². The largest absolute Gasteiger partial charge is 0.455 e. The molecule has 0 amide bonds. The first-order valence-electron chi connectivity index (χ1n) is 16.9. The van der Waals surface area contributed by atoms with E-state index in [1.165, 1.54) is 87.1 Å². The fraction of sp³-hybridized carbons (Fsp3) is 0. The minimum Gasteiger partial charge on any atom is -0.455 e. The minimum atomic E-state index is 0.907. The lowest BCUT2D eigenvalue weighted by molar-refractivity contribution is 0.493. The summed E-state index contributed by atoms with van der Waals surface area (Å²) in [6, 6.07) is 62.0. The summed E-state index contributed by atoms with van der Waals surface area (Å²) in [5.74, 6) is 1.84. The molecular weight excluding hydrogens is 593 g/mol. The van der Waals surface area contributed by atoms with Crippen molar-refractivity contribution in [2.75, 3.05) is 0 Å². The van der Waals surface area contributed by atoms with Crippen LogP contribution in [-0.2, 0) is 0 Å². The Bertz CT molecular complexity index is 3020. The van der Waals surface area contributed by atoms with Gasteiger partial charge in [-0.1, -0.05) is 152 Å². The van der Waals surface area contributed by atoms with Crippen LogP contribution < -0.4 is 4.74 Å². The zero-order valence-electron chi connectivity index (χ0n) is 26.6. The van der Waals surface area contributed by atoms with E-state index in [9.17, 15) is 0 Å². The Labute approximate surface area is 283 Å². The van der Waals surface area contributed by atoms with Crippen molar-refractivity contribution in [2.45, 2.75) is 0 Å². The van der Waals surface area contributed by atoms with E-state index in [0.717, 1.165) is 22.4 Å². The van der Waals surface area contributed by atoms with Gasteiger partial charge in [0.15, 0.2) is 0 Å². The van der Waals surface area contributed by atoms with Crippen LogP contribution in [0.4, 0.5) is 0 Å². The van der Waals surface area contributed by atoms with Crippen LogP contribution in [0.2, 0.25) is 0 Å². The van der Waals surface area contributed by atoms with Gasteiger partial charge in [-0.15, -0.1) is 0 Å². The summed E-state index contributed by atoms with van der Waals surface area (Å²) >= 11 is 0. The molecular formula is C48H28O. The molecule has 11 rings (SSSR count). The normalized spacial score (nSPS) is 12.2. The summed E-state index contributed by atoms with van der Waals surface area (Å²) in [6.45, 7) is 0. The van der Waals surface area contributed by atoms with E-state index < -0.39 is 0 Å². The minimum absolute atomic E-state index is 0.907. The molecule has 49 heavy (non-hydrogen) atoms. The zero-order chi connectivity index (χ0) is 32.1. The lowest BCUT2D eigenvalue weighted by Gasteiger charge is -2.25. The van der Waals surface area contributed by atoms with Crippen molar-refractivity contribution in [3.8, 4) is 44.9 Å². The van der Waals surface area contributed by atoms with Gasteiger partial charge in [0.1, 0.15) is 11.5 Å². The second kappa shape index (κ2) is 10.0. The second-order valence-electron chi connectivity index (χ2n) is 13.1. The smallest absolute Gasteiger partial charge is 0.143 e. The van der Waals surface area contributed by atoms with Gasteiger partial charge in [0, 0.05) is 16.3 Å². The monoisotopic (exact) mass is 620 g/mol. The standard InChI is InChI=1S/C48H28O/c1-4-15-32-29(11-1)14-9-20-35(32)47-38-19-8-7-18-36(38)44(42-26-24-30-12-2-5-16-33(30)46(42)47)40-27-28-43-45-37(40)21-10-22-39(45)41-25-23-31-13-3-6-17-34(31)48(41)49-43/h1-28H. The highest BCUT2D eigenvalue weighted by Crippen LogP contribution is 2.53. The average Bonchev–Trinajstić information content (AvgIpc) is 3.17. The Morgan fingerprint density at radius 2 is 0.796 bits per heavy atom. The first kappa shape index (κ1) is 26.6. The molecule has 1 heterocycles. The van der Waals surface area contributed by atoms with Crippen molar-refractivity contribution >= 4 is 64.6 Å². The number of benzene rings is 10. The summed E-state index contributed by atoms with van der Waals surface area (Å²) < 4.78 is 6.80. The predicted molar refractivity (Wildman–Crippen MR) is 208 cm³/mol. The Balaban J connectivity index is 1.30. The van der Waals surface area contributed by atoms with Gasteiger partial charge >= 0.3 is 0 Å². The van der Waals surface area contributed by atoms with Gasteiger partial charge in [0.2, 0.25) is 0 Å². The summed E-state index contributed by atoms with van der Waals surface area (Å²) in [4.78, 5) is 0. The third kappa shape index (κ3) is 3.70. The van der Waals surface area contributed by atoms with Gasteiger partial charge < -0.3 is 4.74 Å². The van der Waals surface area contributed by atoms with E-state index >= 15 is 0 Å².